The number of rotatable bonds is 9. The highest BCUT2D eigenvalue weighted by atomic mass is 16.4. The highest BCUT2D eigenvalue weighted by molar-refractivity contribution is 5.96. The lowest BCUT2D eigenvalue weighted by Gasteiger charge is -2.13. The van der Waals surface area contributed by atoms with Gasteiger partial charge in [-0.3, -0.25) is 19.5 Å². The molecule has 1 atom stereocenters. The molecule has 0 saturated carbocycles. The van der Waals surface area contributed by atoms with Gasteiger partial charge in [0.2, 0.25) is 0 Å². The van der Waals surface area contributed by atoms with Crippen molar-refractivity contribution in [1.29, 1.82) is 0 Å². The number of carbonyl (C=O) groups is 3. The Kier molecular flexibility index (Phi) is 6.43. The number of amides is 1. The summed E-state index contributed by atoms with van der Waals surface area (Å²) in [6, 6.07) is 5.29. The predicted octanol–water partition coefficient (Wildman–Crippen LogP) is 0.788. The largest absolute Gasteiger partial charge is 0.481 e. The van der Waals surface area contributed by atoms with Crippen molar-refractivity contribution in [2.75, 3.05) is 0 Å². The molecule has 0 spiro atoms. The molecule has 0 aliphatic rings. The van der Waals surface area contributed by atoms with Gasteiger partial charge in [-0.05, 0) is 43.9 Å². The monoisotopic (exact) mass is 427 g/mol. The molecule has 0 unspecified atom stereocenters. The highest BCUT2D eigenvalue weighted by Crippen LogP contribution is 2.13. The van der Waals surface area contributed by atoms with Gasteiger partial charge in [0.05, 0.1) is 5.69 Å². The molecule has 31 heavy (non-hydrogen) atoms. The Balaban J connectivity index is 1.64. The van der Waals surface area contributed by atoms with Crippen molar-refractivity contribution < 1.29 is 24.6 Å². The third-order valence-corrected chi connectivity index (χ3v) is 4.75. The van der Waals surface area contributed by atoms with Crippen LogP contribution in [0.1, 0.15) is 40.3 Å². The second kappa shape index (κ2) is 9.20. The minimum atomic E-state index is -1.29. The van der Waals surface area contributed by atoms with Gasteiger partial charge in [-0.2, -0.15) is 5.10 Å². The van der Waals surface area contributed by atoms with Gasteiger partial charge in [-0.15, -0.1) is 0 Å². The Bertz CT molecular complexity index is 1180. The van der Waals surface area contributed by atoms with Crippen molar-refractivity contribution in [3.63, 3.8) is 0 Å². The topological polar surface area (TPSA) is 178 Å². The first-order chi connectivity index (χ1) is 14.7. The summed E-state index contributed by atoms with van der Waals surface area (Å²) in [7, 11) is 0. The van der Waals surface area contributed by atoms with Crippen LogP contribution in [0.5, 0.6) is 0 Å². The number of aromatic amines is 2. The number of benzene rings is 1. The van der Waals surface area contributed by atoms with E-state index >= 15 is 0 Å². The van der Waals surface area contributed by atoms with Crippen LogP contribution in [-0.2, 0) is 22.4 Å². The summed E-state index contributed by atoms with van der Waals surface area (Å²) in [6.07, 6.45) is 0.506. The second-order valence-corrected chi connectivity index (χ2v) is 7.05. The van der Waals surface area contributed by atoms with Crippen LogP contribution in [0.15, 0.2) is 29.1 Å². The molecular formula is C20H21N5O6. The van der Waals surface area contributed by atoms with Gasteiger partial charge in [0.25, 0.3) is 11.5 Å². The van der Waals surface area contributed by atoms with Gasteiger partial charge in [-0.1, -0.05) is 12.1 Å². The lowest BCUT2D eigenvalue weighted by molar-refractivity contribution is -0.140. The normalized spacial score (nSPS) is 11.9. The first kappa shape index (κ1) is 21.7. The maximum Gasteiger partial charge on any atom is 0.326 e. The fraction of sp³-hybridized carbons (Fsp3) is 0.300. The molecule has 11 nitrogen and oxygen atoms in total. The summed E-state index contributed by atoms with van der Waals surface area (Å²) in [5.74, 6) is -2.55. The number of aromatic nitrogens is 4. The van der Waals surface area contributed by atoms with Crippen LogP contribution >= 0.6 is 0 Å². The highest BCUT2D eigenvalue weighted by Gasteiger charge is 2.21. The molecule has 0 radical (unpaired) electrons. The number of nitrogens with zero attached hydrogens (tertiary/aromatic N) is 2. The van der Waals surface area contributed by atoms with E-state index in [4.69, 9.17) is 10.2 Å². The van der Waals surface area contributed by atoms with E-state index in [0.29, 0.717) is 35.4 Å². The lowest BCUT2D eigenvalue weighted by atomic mass is 10.0. The quantitative estimate of drug-likeness (QED) is 0.332. The van der Waals surface area contributed by atoms with Crippen LogP contribution in [0.25, 0.3) is 11.0 Å². The molecule has 3 aromatic rings. The minimum absolute atomic E-state index is 0.208. The number of carboxylic acid groups (broad SMARTS) is 2. The Labute approximate surface area is 175 Å². The van der Waals surface area contributed by atoms with Gasteiger partial charge in [0.1, 0.15) is 17.3 Å². The van der Waals surface area contributed by atoms with Gasteiger partial charge >= 0.3 is 11.9 Å². The average molecular weight is 427 g/mol. The fourth-order valence-corrected chi connectivity index (χ4v) is 3.14. The molecule has 1 amide bonds. The predicted molar refractivity (Wildman–Crippen MR) is 109 cm³/mol. The number of nitrogens with one attached hydrogen (secondary N) is 3. The molecule has 0 aliphatic heterocycles. The summed E-state index contributed by atoms with van der Waals surface area (Å²) >= 11 is 0. The maximum absolute atomic E-state index is 12.3. The van der Waals surface area contributed by atoms with Crippen molar-refractivity contribution in [1.82, 2.24) is 25.5 Å². The van der Waals surface area contributed by atoms with Crippen molar-refractivity contribution in [3.8, 4) is 0 Å². The van der Waals surface area contributed by atoms with Crippen molar-refractivity contribution in [2.45, 2.75) is 38.6 Å². The number of carboxylic acids is 2. The Morgan fingerprint density at radius 1 is 1.13 bits per heavy atom. The van der Waals surface area contributed by atoms with E-state index in [-0.39, 0.29) is 24.0 Å². The zero-order chi connectivity index (χ0) is 22.5. The summed E-state index contributed by atoms with van der Waals surface area (Å²) in [5.41, 5.74) is 1.92. The molecule has 11 heteroatoms. The zero-order valence-corrected chi connectivity index (χ0v) is 16.6. The Morgan fingerprint density at radius 2 is 1.84 bits per heavy atom. The number of H-pyrrole nitrogens is 2. The van der Waals surface area contributed by atoms with Crippen LogP contribution in [0.2, 0.25) is 0 Å². The van der Waals surface area contributed by atoms with E-state index < -0.39 is 23.9 Å². The van der Waals surface area contributed by atoms with Gasteiger partial charge in [0.15, 0.2) is 5.65 Å². The molecule has 3 rings (SSSR count). The smallest absolute Gasteiger partial charge is 0.326 e. The van der Waals surface area contributed by atoms with Crippen molar-refractivity contribution in [2.24, 2.45) is 0 Å². The van der Waals surface area contributed by atoms with E-state index in [1.54, 1.807) is 31.2 Å². The van der Waals surface area contributed by atoms with E-state index in [1.165, 1.54) is 0 Å². The number of aliphatic carboxylic acids is 2. The van der Waals surface area contributed by atoms with Gasteiger partial charge < -0.3 is 20.5 Å². The summed E-state index contributed by atoms with van der Waals surface area (Å²) < 4.78 is 0. The van der Waals surface area contributed by atoms with Crippen LogP contribution < -0.4 is 10.9 Å². The molecule has 0 aliphatic carbocycles. The second-order valence-electron chi connectivity index (χ2n) is 7.05. The van der Waals surface area contributed by atoms with Crippen molar-refractivity contribution >= 4 is 28.9 Å². The third kappa shape index (κ3) is 5.32. The van der Waals surface area contributed by atoms with E-state index in [0.717, 1.165) is 5.56 Å². The maximum atomic E-state index is 12.3. The van der Waals surface area contributed by atoms with E-state index in [9.17, 15) is 19.2 Å². The third-order valence-electron chi connectivity index (χ3n) is 4.75. The standard InChI is InChI=1S/C20H21N5O6/c1-10-21-17-16(19(29)22-10)13(24-25-17)7-4-11-2-5-12(6-3-11)18(28)23-14(20(30)31)8-9-15(26)27/h2-3,5-6,14H,4,7-9H2,1H3,(H,23,28)(H,26,27)(H,30,31)(H2,21,22,24,25,29)/t14-/m0/s1. The number of aryl methyl sites for hydroxylation is 3. The fourth-order valence-electron chi connectivity index (χ4n) is 3.14. The summed E-state index contributed by atoms with van der Waals surface area (Å²) in [6.45, 7) is 1.68. The first-order valence-corrected chi connectivity index (χ1v) is 9.53. The average Bonchev–Trinajstić information content (AvgIpc) is 3.12. The molecular weight excluding hydrogens is 406 g/mol. The molecule has 0 bridgehead atoms. The lowest BCUT2D eigenvalue weighted by Crippen LogP contribution is -2.41. The van der Waals surface area contributed by atoms with Crippen LogP contribution in [-0.4, -0.2) is 54.3 Å². The molecule has 0 saturated heterocycles. The molecule has 0 fully saturated rings. The van der Waals surface area contributed by atoms with E-state index in [2.05, 4.69) is 25.5 Å². The van der Waals surface area contributed by atoms with Crippen LogP contribution in [0.3, 0.4) is 0 Å². The molecule has 1 aromatic carbocycles. The Hall–Kier alpha value is -4.02. The number of carbonyl (C=O) groups excluding carboxylic acids is 1. The zero-order valence-electron chi connectivity index (χ0n) is 16.6. The minimum Gasteiger partial charge on any atom is -0.481 e. The first-order valence-electron chi connectivity index (χ1n) is 9.53. The Morgan fingerprint density at radius 3 is 2.48 bits per heavy atom. The van der Waals surface area contributed by atoms with Gasteiger partial charge in [-0.25, -0.2) is 9.78 Å². The number of hydrogen-bond donors (Lipinski definition) is 5. The summed E-state index contributed by atoms with van der Waals surface area (Å²) in [4.78, 5) is 53.1. The molecule has 2 heterocycles. The SMILES string of the molecule is Cc1nc2n[nH]c(CCc3ccc(C(=O)N[C@@H](CCC(=O)O)C(=O)O)cc3)c2c(=O)[nH]1. The summed E-state index contributed by atoms with van der Waals surface area (Å²) in [5, 5.41) is 27.5. The number of fused-ring (bicyclic) bond motifs is 1. The molecule has 162 valence electrons. The van der Waals surface area contributed by atoms with E-state index in [1.807, 2.05) is 0 Å². The molecule has 2 aromatic heterocycles. The number of hydrogen-bond acceptors (Lipinski definition) is 6. The van der Waals surface area contributed by atoms with Crippen LogP contribution in [0.4, 0.5) is 0 Å². The van der Waals surface area contributed by atoms with Crippen molar-refractivity contribution in [3.05, 3.63) is 57.3 Å². The molecule has 5 N–H and O–H groups in total. The van der Waals surface area contributed by atoms with Gasteiger partial charge in [0, 0.05) is 12.0 Å². The van der Waals surface area contributed by atoms with Crippen LogP contribution in [0, 0.1) is 6.92 Å².